The van der Waals surface area contributed by atoms with E-state index in [-0.39, 0.29) is 18.0 Å². The van der Waals surface area contributed by atoms with E-state index in [0.29, 0.717) is 12.1 Å². The van der Waals surface area contributed by atoms with E-state index in [1.165, 1.54) is 7.11 Å². The van der Waals surface area contributed by atoms with Gasteiger partial charge >= 0.3 is 12.0 Å². The Morgan fingerprint density at radius 2 is 1.83 bits per heavy atom. The normalized spacial score (nSPS) is 14.7. The van der Waals surface area contributed by atoms with Crippen molar-refractivity contribution in [1.29, 1.82) is 0 Å². The molecule has 5 nitrogen and oxygen atoms in total. The molecule has 1 aliphatic rings. The van der Waals surface area contributed by atoms with E-state index in [2.05, 4.69) is 0 Å². The molecule has 0 aliphatic carbocycles. The minimum Gasteiger partial charge on any atom is -0.465 e. The molecule has 0 saturated carbocycles. The van der Waals surface area contributed by atoms with Crippen LogP contribution >= 0.6 is 11.8 Å². The highest BCUT2D eigenvalue weighted by atomic mass is 32.2. The molecule has 1 saturated heterocycles. The molecule has 0 bridgehead atoms. The second kappa shape index (κ2) is 8.24. The Kier molecular flexibility index (Phi) is 6.33. The van der Waals surface area contributed by atoms with E-state index in [1.54, 1.807) is 12.1 Å². The van der Waals surface area contributed by atoms with E-state index in [1.807, 2.05) is 47.5 Å². The number of esters is 1. The summed E-state index contributed by atoms with van der Waals surface area (Å²) in [6.45, 7) is 6.22. The number of urea groups is 1. The molecule has 1 aromatic rings. The van der Waals surface area contributed by atoms with Crippen LogP contribution in [0.25, 0.3) is 0 Å². The number of methoxy groups -OCH3 is 1. The third-order valence-electron chi connectivity index (χ3n) is 3.88. The molecule has 2 rings (SSSR count). The minimum atomic E-state index is -0.348. The minimum absolute atomic E-state index is 0.0948. The Labute approximate surface area is 142 Å². The lowest BCUT2D eigenvalue weighted by molar-refractivity contribution is 0.0600. The highest BCUT2D eigenvalue weighted by Gasteiger charge is 2.24. The van der Waals surface area contributed by atoms with Gasteiger partial charge in [0.25, 0.3) is 0 Å². The summed E-state index contributed by atoms with van der Waals surface area (Å²) in [4.78, 5) is 28.0. The second-order valence-corrected chi connectivity index (χ2v) is 7.02. The van der Waals surface area contributed by atoms with Crippen molar-refractivity contribution in [1.82, 2.24) is 9.80 Å². The average molecular weight is 336 g/mol. The van der Waals surface area contributed by atoms with Crippen molar-refractivity contribution in [2.45, 2.75) is 26.4 Å². The highest BCUT2D eigenvalue weighted by Crippen LogP contribution is 2.16. The van der Waals surface area contributed by atoms with Crippen LogP contribution < -0.4 is 0 Å². The second-order valence-electron chi connectivity index (χ2n) is 5.79. The lowest BCUT2D eigenvalue weighted by Gasteiger charge is -2.35. The number of amides is 2. The number of hydrogen-bond acceptors (Lipinski definition) is 4. The van der Waals surface area contributed by atoms with Crippen molar-refractivity contribution in [2.24, 2.45) is 0 Å². The summed E-state index contributed by atoms with van der Waals surface area (Å²) >= 11 is 1.89. The number of thioether (sulfide) groups is 1. The van der Waals surface area contributed by atoms with E-state index < -0.39 is 0 Å². The first-order valence-electron chi connectivity index (χ1n) is 7.83. The van der Waals surface area contributed by atoms with Gasteiger partial charge in [0.1, 0.15) is 0 Å². The Hall–Kier alpha value is -1.69. The van der Waals surface area contributed by atoms with Gasteiger partial charge in [-0.15, -0.1) is 0 Å². The van der Waals surface area contributed by atoms with Gasteiger partial charge in [0.2, 0.25) is 0 Å². The first-order valence-corrected chi connectivity index (χ1v) is 8.99. The largest absolute Gasteiger partial charge is 0.465 e. The van der Waals surface area contributed by atoms with Gasteiger partial charge in [0, 0.05) is 37.2 Å². The molecule has 1 aliphatic heterocycles. The van der Waals surface area contributed by atoms with Gasteiger partial charge in [0.05, 0.1) is 12.7 Å². The van der Waals surface area contributed by atoms with Gasteiger partial charge in [-0.05, 0) is 31.5 Å². The van der Waals surface area contributed by atoms with E-state index in [9.17, 15) is 9.59 Å². The predicted octanol–water partition coefficient (Wildman–Crippen LogP) is 2.85. The number of rotatable bonds is 4. The van der Waals surface area contributed by atoms with Crippen LogP contribution in [0.5, 0.6) is 0 Å². The van der Waals surface area contributed by atoms with Crippen molar-refractivity contribution < 1.29 is 14.3 Å². The van der Waals surface area contributed by atoms with Crippen molar-refractivity contribution >= 4 is 23.8 Å². The summed E-state index contributed by atoms with van der Waals surface area (Å²) in [5.74, 6) is 1.66. The highest BCUT2D eigenvalue weighted by molar-refractivity contribution is 7.99. The molecule has 0 atom stereocenters. The number of nitrogens with zero attached hydrogens (tertiary/aromatic N) is 2. The number of carbonyl (C=O) groups excluding carboxylic acids is 2. The molecule has 0 radical (unpaired) electrons. The summed E-state index contributed by atoms with van der Waals surface area (Å²) < 4.78 is 4.70. The maximum atomic E-state index is 12.7. The van der Waals surface area contributed by atoms with Crippen molar-refractivity contribution in [3.05, 3.63) is 35.4 Å². The fraction of sp³-hybridized carbons (Fsp3) is 0.529. The summed E-state index contributed by atoms with van der Waals surface area (Å²) in [6, 6.07) is 7.44. The quantitative estimate of drug-likeness (QED) is 0.794. The lowest BCUT2D eigenvalue weighted by atomic mass is 10.1. The average Bonchev–Trinajstić information content (AvgIpc) is 2.59. The smallest absolute Gasteiger partial charge is 0.337 e. The zero-order valence-corrected chi connectivity index (χ0v) is 14.8. The standard InChI is InChI=1S/C17H24N2O3S/c1-13(2)19(17(21)18-8-10-23-11-9-18)12-14-4-6-15(7-5-14)16(20)22-3/h4-7,13H,8-12H2,1-3H3. The van der Waals surface area contributed by atoms with Crippen LogP contribution in [-0.2, 0) is 11.3 Å². The number of carbonyl (C=O) groups is 2. The third-order valence-corrected chi connectivity index (χ3v) is 4.82. The Morgan fingerprint density at radius 3 is 2.35 bits per heavy atom. The third kappa shape index (κ3) is 4.64. The van der Waals surface area contributed by atoms with Gasteiger partial charge in [-0.3, -0.25) is 0 Å². The summed E-state index contributed by atoms with van der Waals surface area (Å²) in [5, 5.41) is 0. The van der Waals surface area contributed by atoms with E-state index in [4.69, 9.17) is 4.74 Å². The van der Waals surface area contributed by atoms with Gasteiger partial charge in [-0.2, -0.15) is 11.8 Å². The van der Waals surface area contributed by atoms with E-state index >= 15 is 0 Å². The molecule has 23 heavy (non-hydrogen) atoms. The van der Waals surface area contributed by atoms with Crippen LogP contribution in [-0.4, -0.2) is 59.5 Å². The first kappa shape index (κ1) is 17.7. The van der Waals surface area contributed by atoms with Crippen molar-refractivity contribution in [3.63, 3.8) is 0 Å². The zero-order chi connectivity index (χ0) is 16.8. The van der Waals surface area contributed by atoms with Crippen molar-refractivity contribution in [2.75, 3.05) is 31.7 Å². The molecule has 0 aromatic heterocycles. The molecule has 1 fully saturated rings. The first-order chi connectivity index (χ1) is 11.0. The van der Waals surface area contributed by atoms with Crippen LogP contribution in [0.3, 0.4) is 0 Å². The van der Waals surface area contributed by atoms with Crippen LogP contribution in [0.2, 0.25) is 0 Å². The van der Waals surface area contributed by atoms with Gasteiger partial charge in [0.15, 0.2) is 0 Å². The molecule has 126 valence electrons. The Balaban J connectivity index is 2.06. The van der Waals surface area contributed by atoms with Gasteiger partial charge in [-0.1, -0.05) is 12.1 Å². The van der Waals surface area contributed by atoms with Crippen LogP contribution in [0.15, 0.2) is 24.3 Å². The number of benzene rings is 1. The maximum Gasteiger partial charge on any atom is 0.337 e. The topological polar surface area (TPSA) is 49.9 Å². The monoisotopic (exact) mass is 336 g/mol. The number of hydrogen-bond donors (Lipinski definition) is 0. The predicted molar refractivity (Wildman–Crippen MR) is 92.8 cm³/mol. The number of ether oxygens (including phenoxy) is 1. The lowest BCUT2D eigenvalue weighted by Crippen LogP contribution is -2.48. The molecule has 0 spiro atoms. The molecule has 0 N–H and O–H groups in total. The maximum absolute atomic E-state index is 12.7. The van der Waals surface area contributed by atoms with Crippen molar-refractivity contribution in [3.8, 4) is 0 Å². The fourth-order valence-electron chi connectivity index (χ4n) is 2.47. The van der Waals surface area contributed by atoms with Gasteiger partial charge < -0.3 is 14.5 Å². The molecule has 1 heterocycles. The van der Waals surface area contributed by atoms with Crippen LogP contribution in [0.4, 0.5) is 4.79 Å². The molecule has 0 unspecified atom stereocenters. The molecular formula is C17H24N2O3S. The molecule has 2 amide bonds. The van der Waals surface area contributed by atoms with Crippen LogP contribution in [0, 0.1) is 0 Å². The molecule has 6 heteroatoms. The summed E-state index contributed by atoms with van der Waals surface area (Å²) in [7, 11) is 1.37. The molecular weight excluding hydrogens is 312 g/mol. The Bertz CT molecular complexity index is 539. The summed E-state index contributed by atoms with van der Waals surface area (Å²) in [5.41, 5.74) is 1.53. The fourth-order valence-corrected chi connectivity index (χ4v) is 3.37. The zero-order valence-electron chi connectivity index (χ0n) is 13.9. The SMILES string of the molecule is COC(=O)c1ccc(CN(C(=O)N2CCSCC2)C(C)C)cc1. The van der Waals surface area contributed by atoms with Gasteiger partial charge in [-0.25, -0.2) is 9.59 Å². The van der Waals surface area contributed by atoms with Crippen LogP contribution in [0.1, 0.15) is 29.8 Å². The molecule has 1 aromatic carbocycles. The Morgan fingerprint density at radius 1 is 1.22 bits per heavy atom. The van der Waals surface area contributed by atoms with E-state index in [0.717, 1.165) is 30.2 Å². The summed E-state index contributed by atoms with van der Waals surface area (Å²) in [6.07, 6.45) is 0.